The molecule has 0 fully saturated rings. The summed E-state index contributed by atoms with van der Waals surface area (Å²) >= 11 is 22.1. The fraction of sp³-hybridized carbons (Fsp3) is 0.0238. The second kappa shape index (κ2) is 18.6. The molecule has 1 aliphatic rings. The maximum absolute atomic E-state index is 4.96. The third-order valence-corrected chi connectivity index (χ3v) is 21.7. The van der Waals surface area contributed by atoms with E-state index in [1.165, 1.54) is 0 Å². The number of thioether (sulfide) groups is 1. The molecule has 70 heavy (non-hydrogen) atoms. The average molecular weight is 1170 g/mol. The van der Waals surface area contributed by atoms with Crippen LogP contribution in [0.3, 0.4) is 0 Å². The van der Waals surface area contributed by atoms with E-state index in [9.17, 15) is 0 Å². The Bertz CT molecular complexity index is 3970. The van der Waals surface area contributed by atoms with E-state index in [1.54, 1.807) is 165 Å². The Morgan fingerprint density at radius 3 is 0.900 bits per heavy atom. The Morgan fingerprint density at radius 2 is 0.614 bits per heavy atom. The molecule has 340 valence electrons. The van der Waals surface area contributed by atoms with Crippen LogP contribution in [0.1, 0.15) is 5.01 Å². The summed E-state index contributed by atoms with van der Waals surface area (Å²) in [6.07, 6.45) is 1.79. The Morgan fingerprint density at radius 1 is 0.314 bits per heavy atom. The van der Waals surface area contributed by atoms with Crippen LogP contribution in [0.15, 0.2) is 87.1 Å². The number of anilines is 1. The fourth-order valence-corrected chi connectivity index (χ4v) is 18.1. The lowest BCUT2D eigenvalue weighted by Gasteiger charge is -2.16. The van der Waals surface area contributed by atoms with Crippen LogP contribution in [0.5, 0.6) is 0 Å². The summed E-state index contributed by atoms with van der Waals surface area (Å²) < 4.78 is 0. The van der Waals surface area contributed by atoms with E-state index in [1.807, 2.05) is 64.7 Å². The van der Waals surface area contributed by atoms with Gasteiger partial charge in [-0.2, -0.15) is 0 Å². The molecule has 28 heteroatoms. The Labute approximate surface area is 451 Å². The average Bonchev–Trinajstić information content (AvgIpc) is 4.23. The van der Waals surface area contributed by atoms with Crippen LogP contribution in [-0.2, 0) is 0 Å². The van der Waals surface area contributed by atoms with Gasteiger partial charge in [-0.3, -0.25) is 0 Å². The largest absolute Gasteiger partial charge is 0.312 e. The molecule has 0 aliphatic carbocycles. The van der Waals surface area contributed by atoms with Gasteiger partial charge in [0.25, 0.3) is 0 Å². The minimum atomic E-state index is 0.811. The lowest BCUT2D eigenvalue weighted by atomic mass is 10.4. The third-order valence-electron chi connectivity index (χ3n) is 9.99. The normalized spacial score (nSPS) is 12.8. The van der Waals surface area contributed by atoms with E-state index in [-0.39, 0.29) is 0 Å². The highest BCUT2D eigenvalue weighted by Crippen LogP contribution is 2.42. The lowest BCUT2D eigenvalue weighted by Crippen LogP contribution is -2.16. The maximum atomic E-state index is 4.96. The summed E-state index contributed by atoms with van der Waals surface area (Å²) in [6, 6.07) is 0. The predicted molar refractivity (Wildman–Crippen MR) is 299 cm³/mol. The van der Waals surface area contributed by atoms with Crippen LogP contribution >= 0.6 is 159 Å². The van der Waals surface area contributed by atoms with Crippen LogP contribution in [0, 0.1) is 0 Å². The van der Waals surface area contributed by atoms with Crippen molar-refractivity contribution in [1.82, 2.24) is 64.8 Å². The molecule has 13 aromatic heterocycles. The lowest BCUT2D eigenvalue weighted by molar-refractivity contribution is 1.14. The van der Waals surface area contributed by atoms with E-state index in [2.05, 4.69) is 31.0 Å². The zero-order valence-corrected chi connectivity index (χ0v) is 45.9. The molecule has 1 aliphatic heterocycles. The van der Waals surface area contributed by atoms with Crippen LogP contribution in [0.25, 0.3) is 123 Å². The van der Waals surface area contributed by atoms with Crippen LogP contribution in [-0.4, -0.2) is 70.7 Å². The van der Waals surface area contributed by atoms with E-state index >= 15 is 0 Å². The molecule has 14 heterocycles. The summed E-state index contributed by atoms with van der Waals surface area (Å²) in [5.74, 6) is 1.78. The Hall–Kier alpha value is -4.92. The molecule has 0 amide bonds. The number of aromatic nitrogens is 13. The van der Waals surface area contributed by atoms with Crippen molar-refractivity contribution in [2.24, 2.45) is 0 Å². The molecule has 0 atom stereocenters. The summed E-state index contributed by atoms with van der Waals surface area (Å²) in [5, 5.41) is 38.9. The SMILES string of the molecule is C1=C(c2nc(-c3nc(-c4nc(-c5nc(-c6nc(-c7nc(-c8nc(-c9nc(-c%10nc(-c%11nc(-c%12nc(-c%13nccs%13)cs%12)cs%11)cs%10)cs9)cs8)cs7)cs6)cs5)cs4)cs3)cs2)N(c2cscn2)CS1. The van der Waals surface area contributed by atoms with Gasteiger partial charge in [0.2, 0.25) is 0 Å². The zero-order chi connectivity index (χ0) is 46.1. The zero-order valence-electron chi connectivity index (χ0n) is 34.4. The van der Waals surface area contributed by atoms with Gasteiger partial charge in [-0.1, -0.05) is 0 Å². The second-order valence-electron chi connectivity index (χ2n) is 14.3. The first-order valence-corrected chi connectivity index (χ1v) is 32.6. The van der Waals surface area contributed by atoms with Gasteiger partial charge in [0.1, 0.15) is 129 Å². The highest BCUT2D eigenvalue weighted by Gasteiger charge is 2.25. The standard InChI is InChI=1S/C42H18N14S14/c1-2-59-31(43-1)18-3-60-32(45-18)19-4-61-33(46-19)20-5-62-34(47-20)21-6-63-35(48-21)22-7-64-36(49-22)23-8-65-37(50-23)24-9-66-38(51-24)25-10-67-39(52-25)26-11-68-40(53-26)27-12-69-41(54-27)28-13-70-42(55-28)29-14-58-17-56(29)30-15-57-16-44-30/h1-16H,17H2. The van der Waals surface area contributed by atoms with Crippen molar-refractivity contribution in [1.29, 1.82) is 0 Å². The van der Waals surface area contributed by atoms with Crippen molar-refractivity contribution in [3.63, 3.8) is 0 Å². The number of hydrogen-bond acceptors (Lipinski definition) is 28. The third kappa shape index (κ3) is 8.40. The van der Waals surface area contributed by atoms with Gasteiger partial charge >= 0.3 is 0 Å². The first-order valence-electron chi connectivity index (χ1n) is 20.0. The summed E-state index contributed by atoms with van der Waals surface area (Å²) in [5.41, 5.74) is 12.1. The van der Waals surface area contributed by atoms with Gasteiger partial charge in [0.05, 0.1) is 17.1 Å². The van der Waals surface area contributed by atoms with E-state index < -0.39 is 0 Å². The number of nitrogens with zero attached hydrogens (tertiary/aromatic N) is 14. The van der Waals surface area contributed by atoms with Gasteiger partial charge in [-0.25, -0.2) is 64.8 Å². The van der Waals surface area contributed by atoms with Gasteiger partial charge < -0.3 is 4.90 Å². The molecule has 0 aromatic carbocycles. The summed E-state index contributed by atoms with van der Waals surface area (Å²) in [6.45, 7) is 0. The van der Waals surface area contributed by atoms with E-state index in [4.69, 9.17) is 54.8 Å². The predicted octanol–water partition coefficient (Wildman–Crippen LogP) is 15.5. The van der Waals surface area contributed by atoms with Gasteiger partial charge in [0.15, 0.2) is 0 Å². The molecule has 0 N–H and O–H groups in total. The van der Waals surface area contributed by atoms with Crippen molar-refractivity contribution in [2.45, 2.75) is 0 Å². The quantitative estimate of drug-likeness (QED) is 0.107. The first-order chi connectivity index (χ1) is 34.6. The summed E-state index contributed by atoms with van der Waals surface area (Å²) in [4.78, 5) is 65.2. The molecule has 0 bridgehead atoms. The summed E-state index contributed by atoms with van der Waals surface area (Å²) in [7, 11) is 0. The topological polar surface area (TPSA) is 171 Å². The molecule has 13 aromatic rings. The van der Waals surface area contributed by atoms with Crippen LogP contribution in [0.2, 0.25) is 0 Å². The Balaban J connectivity index is 0.620. The molecular weight excluding hydrogens is 1150 g/mol. The van der Waals surface area contributed by atoms with Crippen molar-refractivity contribution in [2.75, 3.05) is 10.8 Å². The monoisotopic (exact) mass is 1170 g/mol. The Kier molecular flexibility index (Phi) is 11.6. The number of hydrogen-bond donors (Lipinski definition) is 0. The second-order valence-corrected chi connectivity index (χ2v) is 26.2. The molecule has 0 radical (unpaired) electrons. The highest BCUT2D eigenvalue weighted by atomic mass is 32.2. The minimum Gasteiger partial charge on any atom is -0.312 e. The molecule has 0 unspecified atom stereocenters. The molecule has 14 nitrogen and oxygen atoms in total. The van der Waals surface area contributed by atoms with Crippen molar-refractivity contribution in [3.05, 3.63) is 92.1 Å². The molecule has 0 saturated carbocycles. The molecule has 0 saturated heterocycles. The molecule has 0 spiro atoms. The van der Waals surface area contributed by atoms with Crippen molar-refractivity contribution >= 4 is 171 Å². The minimum absolute atomic E-state index is 0.811. The van der Waals surface area contributed by atoms with Gasteiger partial charge in [-0.15, -0.1) is 159 Å². The molecule has 14 rings (SSSR count). The van der Waals surface area contributed by atoms with Crippen molar-refractivity contribution in [3.8, 4) is 118 Å². The highest BCUT2D eigenvalue weighted by molar-refractivity contribution is 8.02. The smallest absolute Gasteiger partial charge is 0.144 e. The van der Waals surface area contributed by atoms with E-state index in [0.29, 0.717) is 0 Å². The van der Waals surface area contributed by atoms with Gasteiger partial charge in [0, 0.05) is 76.1 Å². The van der Waals surface area contributed by atoms with E-state index in [0.717, 1.165) is 140 Å². The first kappa shape index (κ1) is 43.8. The number of rotatable bonds is 13. The van der Waals surface area contributed by atoms with Crippen molar-refractivity contribution < 1.29 is 0 Å². The van der Waals surface area contributed by atoms with Gasteiger partial charge in [-0.05, 0) is 5.41 Å². The fourth-order valence-electron chi connectivity index (χ4n) is 6.75. The van der Waals surface area contributed by atoms with Crippen LogP contribution < -0.4 is 4.90 Å². The number of thiazole rings is 13. The van der Waals surface area contributed by atoms with Crippen LogP contribution in [0.4, 0.5) is 5.82 Å². The molecular formula is C42H18N14S14. The maximum Gasteiger partial charge on any atom is 0.144 e.